The molecule has 1 fully saturated rings. The summed E-state index contributed by atoms with van der Waals surface area (Å²) in [5.41, 5.74) is 0. The van der Waals surface area contributed by atoms with Crippen LogP contribution >= 0.6 is 15.9 Å². The number of amides is 1. The molecule has 1 aliphatic heterocycles. The summed E-state index contributed by atoms with van der Waals surface area (Å²) < 4.78 is 0. The molecule has 3 nitrogen and oxygen atoms in total. The van der Waals surface area contributed by atoms with Crippen molar-refractivity contribution in [1.29, 1.82) is 0 Å². The standard InChI is InChI=1S/C10H19BrN2O/c1-12(2)8-9-4-3-7-13(9)10(14)5-6-11/h9H,3-8H2,1-2H3. The third kappa shape index (κ3) is 3.24. The van der Waals surface area contributed by atoms with Gasteiger partial charge in [0.2, 0.25) is 5.91 Å². The third-order valence-corrected chi connectivity index (χ3v) is 2.98. The van der Waals surface area contributed by atoms with Crippen molar-refractivity contribution in [3.8, 4) is 0 Å². The number of nitrogens with zero attached hydrogens (tertiary/aromatic N) is 2. The van der Waals surface area contributed by atoms with Gasteiger partial charge in [-0.15, -0.1) is 0 Å². The summed E-state index contributed by atoms with van der Waals surface area (Å²) in [5.74, 6) is 0.297. The number of carbonyl (C=O) groups is 1. The van der Waals surface area contributed by atoms with E-state index in [0.29, 0.717) is 18.4 Å². The summed E-state index contributed by atoms with van der Waals surface area (Å²) in [6, 6.07) is 0.441. The van der Waals surface area contributed by atoms with Gasteiger partial charge in [-0.05, 0) is 26.9 Å². The van der Waals surface area contributed by atoms with Crippen LogP contribution in [0.3, 0.4) is 0 Å². The fourth-order valence-electron chi connectivity index (χ4n) is 2.00. The Morgan fingerprint density at radius 1 is 1.57 bits per heavy atom. The Bertz CT molecular complexity index is 197. The molecule has 1 heterocycles. The first-order chi connectivity index (χ1) is 6.65. The summed E-state index contributed by atoms with van der Waals surface area (Å²) in [7, 11) is 4.12. The van der Waals surface area contributed by atoms with Gasteiger partial charge in [-0.1, -0.05) is 15.9 Å². The second kappa shape index (κ2) is 5.71. The second-order valence-electron chi connectivity index (χ2n) is 4.08. The third-order valence-electron chi connectivity index (χ3n) is 2.58. The highest BCUT2D eigenvalue weighted by molar-refractivity contribution is 9.09. The Kier molecular flexibility index (Phi) is 4.89. The second-order valence-corrected chi connectivity index (χ2v) is 4.88. The minimum atomic E-state index is 0.297. The first-order valence-corrected chi connectivity index (χ1v) is 6.27. The van der Waals surface area contributed by atoms with Crippen molar-refractivity contribution >= 4 is 21.8 Å². The highest BCUT2D eigenvalue weighted by atomic mass is 79.9. The molecule has 0 saturated carbocycles. The molecule has 0 radical (unpaired) electrons. The van der Waals surface area contributed by atoms with Crippen LogP contribution in [0, 0.1) is 0 Å². The van der Waals surface area contributed by atoms with Crippen molar-refractivity contribution in [1.82, 2.24) is 9.80 Å². The summed E-state index contributed by atoms with van der Waals surface area (Å²) in [6.45, 7) is 1.94. The highest BCUT2D eigenvalue weighted by Crippen LogP contribution is 2.18. The maximum atomic E-state index is 11.7. The molecule has 4 heteroatoms. The molecule has 1 rings (SSSR count). The normalized spacial score (nSPS) is 22.0. The molecule has 1 atom stereocenters. The van der Waals surface area contributed by atoms with Crippen molar-refractivity contribution in [2.75, 3.05) is 32.5 Å². The Labute approximate surface area is 94.6 Å². The van der Waals surface area contributed by atoms with E-state index in [-0.39, 0.29) is 0 Å². The van der Waals surface area contributed by atoms with E-state index in [0.717, 1.165) is 31.3 Å². The van der Waals surface area contributed by atoms with E-state index in [1.54, 1.807) is 0 Å². The van der Waals surface area contributed by atoms with Crippen LogP contribution in [-0.2, 0) is 4.79 Å². The Hall–Kier alpha value is -0.0900. The van der Waals surface area contributed by atoms with Gasteiger partial charge in [0.1, 0.15) is 0 Å². The lowest BCUT2D eigenvalue weighted by molar-refractivity contribution is -0.131. The molecule has 0 aromatic carbocycles. The van der Waals surface area contributed by atoms with E-state index >= 15 is 0 Å². The van der Waals surface area contributed by atoms with Gasteiger partial charge in [0.25, 0.3) is 0 Å². The number of hydrogen-bond acceptors (Lipinski definition) is 2. The predicted molar refractivity (Wildman–Crippen MR) is 61.7 cm³/mol. The van der Waals surface area contributed by atoms with Gasteiger partial charge < -0.3 is 9.80 Å². The minimum Gasteiger partial charge on any atom is -0.338 e. The largest absolute Gasteiger partial charge is 0.338 e. The van der Waals surface area contributed by atoms with Crippen LogP contribution in [0.25, 0.3) is 0 Å². The molecular weight excluding hydrogens is 244 g/mol. The monoisotopic (exact) mass is 262 g/mol. The Morgan fingerprint density at radius 3 is 2.86 bits per heavy atom. The molecule has 1 saturated heterocycles. The van der Waals surface area contributed by atoms with Gasteiger partial charge in [-0.3, -0.25) is 4.79 Å². The molecule has 0 aromatic heterocycles. The van der Waals surface area contributed by atoms with E-state index in [1.807, 2.05) is 4.90 Å². The lowest BCUT2D eigenvalue weighted by atomic mass is 10.2. The number of alkyl halides is 1. The highest BCUT2D eigenvalue weighted by Gasteiger charge is 2.28. The number of halogens is 1. The lowest BCUT2D eigenvalue weighted by Gasteiger charge is -2.27. The van der Waals surface area contributed by atoms with Crippen molar-refractivity contribution < 1.29 is 4.79 Å². The summed E-state index contributed by atoms with van der Waals surface area (Å²) in [4.78, 5) is 15.9. The van der Waals surface area contributed by atoms with Gasteiger partial charge in [0, 0.05) is 30.9 Å². The topological polar surface area (TPSA) is 23.6 Å². The fourth-order valence-corrected chi connectivity index (χ4v) is 2.34. The number of hydrogen-bond donors (Lipinski definition) is 0. The van der Waals surface area contributed by atoms with Crippen LogP contribution in [0.2, 0.25) is 0 Å². The smallest absolute Gasteiger partial charge is 0.223 e. The van der Waals surface area contributed by atoms with Gasteiger partial charge in [0.05, 0.1) is 0 Å². The zero-order valence-corrected chi connectivity index (χ0v) is 10.6. The lowest BCUT2D eigenvalue weighted by Crippen LogP contribution is -2.41. The van der Waals surface area contributed by atoms with Crippen LogP contribution in [0.15, 0.2) is 0 Å². The van der Waals surface area contributed by atoms with Crippen LogP contribution in [-0.4, -0.2) is 54.3 Å². The Balaban J connectivity index is 2.46. The van der Waals surface area contributed by atoms with Crippen molar-refractivity contribution in [2.24, 2.45) is 0 Å². The molecule has 0 N–H and O–H groups in total. The van der Waals surface area contributed by atoms with E-state index in [1.165, 1.54) is 0 Å². The van der Waals surface area contributed by atoms with E-state index in [2.05, 4.69) is 34.9 Å². The maximum absolute atomic E-state index is 11.7. The summed E-state index contributed by atoms with van der Waals surface area (Å²) in [6.07, 6.45) is 2.95. The van der Waals surface area contributed by atoms with Crippen molar-refractivity contribution in [3.63, 3.8) is 0 Å². The fraction of sp³-hybridized carbons (Fsp3) is 0.900. The quantitative estimate of drug-likeness (QED) is 0.714. The minimum absolute atomic E-state index is 0.297. The van der Waals surface area contributed by atoms with Gasteiger partial charge >= 0.3 is 0 Å². The molecule has 82 valence electrons. The molecular formula is C10H19BrN2O. The molecule has 0 spiro atoms. The summed E-state index contributed by atoms with van der Waals surface area (Å²) in [5, 5.41) is 0.775. The molecule has 1 aliphatic rings. The average Bonchev–Trinajstić information content (AvgIpc) is 2.51. The van der Waals surface area contributed by atoms with E-state index < -0.39 is 0 Å². The Morgan fingerprint density at radius 2 is 2.29 bits per heavy atom. The molecule has 1 unspecified atom stereocenters. The van der Waals surface area contributed by atoms with Crippen molar-refractivity contribution in [2.45, 2.75) is 25.3 Å². The molecule has 0 aliphatic carbocycles. The van der Waals surface area contributed by atoms with E-state index in [4.69, 9.17) is 0 Å². The van der Waals surface area contributed by atoms with E-state index in [9.17, 15) is 4.79 Å². The number of likely N-dealkylation sites (N-methyl/N-ethyl adjacent to an activating group) is 1. The van der Waals surface area contributed by atoms with Crippen LogP contribution in [0.1, 0.15) is 19.3 Å². The average molecular weight is 263 g/mol. The molecule has 14 heavy (non-hydrogen) atoms. The zero-order valence-electron chi connectivity index (χ0n) is 9.00. The molecule has 0 aromatic rings. The van der Waals surface area contributed by atoms with Gasteiger partial charge in [-0.2, -0.15) is 0 Å². The van der Waals surface area contributed by atoms with Crippen molar-refractivity contribution in [3.05, 3.63) is 0 Å². The first kappa shape index (κ1) is 12.0. The molecule has 1 amide bonds. The van der Waals surface area contributed by atoms with Crippen LogP contribution in [0.5, 0.6) is 0 Å². The van der Waals surface area contributed by atoms with Gasteiger partial charge in [-0.25, -0.2) is 0 Å². The number of carbonyl (C=O) groups excluding carboxylic acids is 1. The maximum Gasteiger partial charge on any atom is 0.223 e. The summed E-state index contributed by atoms with van der Waals surface area (Å²) >= 11 is 3.31. The van der Waals surface area contributed by atoms with Crippen LogP contribution in [0.4, 0.5) is 0 Å². The molecule has 0 bridgehead atoms. The predicted octanol–water partition coefficient (Wildman–Crippen LogP) is 1.32. The first-order valence-electron chi connectivity index (χ1n) is 5.15. The zero-order chi connectivity index (χ0) is 10.6. The van der Waals surface area contributed by atoms with Gasteiger partial charge in [0.15, 0.2) is 0 Å². The SMILES string of the molecule is CN(C)CC1CCCN1C(=O)CCBr. The number of rotatable bonds is 4. The van der Waals surface area contributed by atoms with Crippen LogP contribution < -0.4 is 0 Å². The number of likely N-dealkylation sites (tertiary alicyclic amines) is 1.